The number of rotatable bonds is 4. The number of nitrogens with zero attached hydrogens (tertiary/aromatic N) is 2. The third kappa shape index (κ3) is 3.32. The summed E-state index contributed by atoms with van der Waals surface area (Å²) in [7, 11) is 1.62. The second-order valence-corrected chi connectivity index (χ2v) is 6.55. The van der Waals surface area contributed by atoms with Crippen LogP contribution in [0.25, 0.3) is 6.08 Å². The summed E-state index contributed by atoms with van der Waals surface area (Å²) in [5.41, 5.74) is 3.97. The van der Waals surface area contributed by atoms with Crippen LogP contribution in [-0.2, 0) is 4.79 Å². The van der Waals surface area contributed by atoms with E-state index in [0.29, 0.717) is 17.3 Å². The molecule has 3 aromatic carbocycles. The van der Waals surface area contributed by atoms with Gasteiger partial charge in [-0.05, 0) is 36.8 Å². The van der Waals surface area contributed by atoms with Gasteiger partial charge < -0.3 is 4.74 Å². The van der Waals surface area contributed by atoms with E-state index in [1.807, 2.05) is 85.8 Å². The van der Waals surface area contributed by atoms with Gasteiger partial charge in [-0.25, -0.2) is 4.99 Å². The smallest absolute Gasteiger partial charge is 0.282 e. The Morgan fingerprint density at radius 3 is 2.43 bits per heavy atom. The lowest BCUT2D eigenvalue weighted by Crippen LogP contribution is -2.32. The van der Waals surface area contributed by atoms with Crippen LogP contribution in [0.1, 0.15) is 16.7 Å². The van der Waals surface area contributed by atoms with Crippen LogP contribution in [0.2, 0.25) is 0 Å². The Labute approximate surface area is 164 Å². The number of carbonyl (C=O) groups excluding carboxylic acids is 1. The molecule has 0 fully saturated rings. The largest absolute Gasteiger partial charge is 0.496 e. The van der Waals surface area contributed by atoms with Crippen LogP contribution in [0, 0.1) is 6.92 Å². The molecule has 0 aromatic heterocycles. The summed E-state index contributed by atoms with van der Waals surface area (Å²) in [6.45, 7) is 2.01. The molecule has 1 aliphatic rings. The van der Waals surface area contributed by atoms with E-state index in [1.165, 1.54) is 0 Å². The van der Waals surface area contributed by atoms with E-state index in [9.17, 15) is 4.79 Å². The van der Waals surface area contributed by atoms with Gasteiger partial charge in [0.2, 0.25) is 0 Å². The number of amides is 1. The minimum Gasteiger partial charge on any atom is -0.496 e. The van der Waals surface area contributed by atoms with Gasteiger partial charge in [-0.1, -0.05) is 60.7 Å². The van der Waals surface area contributed by atoms with Crippen molar-refractivity contribution < 1.29 is 9.53 Å². The van der Waals surface area contributed by atoms with Gasteiger partial charge in [0, 0.05) is 11.1 Å². The Morgan fingerprint density at radius 1 is 0.929 bits per heavy atom. The summed E-state index contributed by atoms with van der Waals surface area (Å²) >= 11 is 0. The summed E-state index contributed by atoms with van der Waals surface area (Å²) < 4.78 is 5.41. The van der Waals surface area contributed by atoms with Crippen LogP contribution in [0.15, 0.2) is 89.6 Å². The van der Waals surface area contributed by atoms with Crippen molar-refractivity contribution in [1.29, 1.82) is 0 Å². The first-order chi connectivity index (χ1) is 13.7. The third-order valence-corrected chi connectivity index (χ3v) is 4.58. The Kier molecular flexibility index (Phi) is 4.77. The van der Waals surface area contributed by atoms with E-state index in [1.54, 1.807) is 18.1 Å². The highest BCUT2D eigenvalue weighted by Gasteiger charge is 2.32. The Morgan fingerprint density at radius 2 is 1.68 bits per heavy atom. The van der Waals surface area contributed by atoms with Gasteiger partial charge in [0.05, 0.1) is 12.8 Å². The Bertz CT molecular complexity index is 1080. The molecule has 0 saturated heterocycles. The summed E-state index contributed by atoms with van der Waals surface area (Å²) in [4.78, 5) is 19.7. The highest BCUT2D eigenvalue weighted by molar-refractivity contribution is 6.33. The second-order valence-electron chi connectivity index (χ2n) is 6.55. The van der Waals surface area contributed by atoms with Crippen molar-refractivity contribution in [2.75, 3.05) is 12.0 Å². The van der Waals surface area contributed by atoms with Crippen LogP contribution in [0.4, 0.5) is 5.69 Å². The van der Waals surface area contributed by atoms with Gasteiger partial charge in [-0.2, -0.15) is 0 Å². The minimum atomic E-state index is -0.157. The number of benzene rings is 3. The van der Waals surface area contributed by atoms with E-state index in [0.717, 1.165) is 22.4 Å². The first-order valence-corrected chi connectivity index (χ1v) is 9.07. The molecule has 3 aromatic rings. The first-order valence-electron chi connectivity index (χ1n) is 9.07. The van der Waals surface area contributed by atoms with Gasteiger partial charge in [-0.15, -0.1) is 0 Å². The van der Waals surface area contributed by atoms with E-state index in [2.05, 4.69) is 0 Å². The van der Waals surface area contributed by atoms with Gasteiger partial charge >= 0.3 is 0 Å². The summed E-state index contributed by atoms with van der Waals surface area (Å²) in [6.07, 6.45) is 1.78. The minimum absolute atomic E-state index is 0.157. The molecule has 0 radical (unpaired) electrons. The molecule has 1 aliphatic heterocycles. The van der Waals surface area contributed by atoms with Crippen LogP contribution >= 0.6 is 0 Å². The van der Waals surface area contributed by atoms with E-state index >= 15 is 0 Å². The van der Waals surface area contributed by atoms with Gasteiger partial charge in [0.15, 0.2) is 0 Å². The van der Waals surface area contributed by atoms with Crippen molar-refractivity contribution in [3.8, 4) is 5.75 Å². The van der Waals surface area contributed by atoms with E-state index in [4.69, 9.17) is 9.73 Å². The van der Waals surface area contributed by atoms with Crippen molar-refractivity contribution >= 4 is 23.5 Å². The molecule has 0 unspecified atom stereocenters. The molecule has 0 atom stereocenters. The maximum Gasteiger partial charge on any atom is 0.282 e. The number of carbonyl (C=O) groups is 1. The number of methoxy groups -OCH3 is 1. The number of aryl methyl sites for hydroxylation is 1. The zero-order valence-electron chi connectivity index (χ0n) is 15.8. The predicted octanol–water partition coefficient (Wildman–Crippen LogP) is 4.84. The molecule has 1 amide bonds. The normalized spacial score (nSPS) is 15.1. The number of hydrogen-bond donors (Lipinski definition) is 0. The standard InChI is InChI=1S/C24H20N2O2/c1-17-9-8-13-20(15-17)26-23(18-10-4-3-5-11-18)25-21(24(26)27)16-19-12-6-7-14-22(19)28-2/h3-16H,1-2H3/b21-16+. The number of hydrogen-bond acceptors (Lipinski definition) is 3. The Hall–Kier alpha value is -3.66. The fourth-order valence-corrected chi connectivity index (χ4v) is 3.24. The summed E-state index contributed by atoms with van der Waals surface area (Å²) in [6, 6.07) is 25.2. The van der Waals surface area contributed by atoms with Crippen molar-refractivity contribution in [2.24, 2.45) is 4.99 Å². The maximum atomic E-state index is 13.3. The second kappa shape index (κ2) is 7.53. The fourth-order valence-electron chi connectivity index (χ4n) is 3.24. The quantitative estimate of drug-likeness (QED) is 0.619. The number of anilines is 1. The molecule has 0 bridgehead atoms. The molecule has 0 N–H and O–H groups in total. The van der Waals surface area contributed by atoms with Crippen molar-refractivity contribution in [1.82, 2.24) is 0 Å². The van der Waals surface area contributed by atoms with Crippen molar-refractivity contribution in [3.05, 3.63) is 101 Å². The van der Waals surface area contributed by atoms with Crippen molar-refractivity contribution in [3.63, 3.8) is 0 Å². The zero-order chi connectivity index (χ0) is 19.5. The molecule has 4 nitrogen and oxygen atoms in total. The number of amidine groups is 1. The molecule has 138 valence electrons. The highest BCUT2D eigenvalue weighted by Crippen LogP contribution is 2.30. The topological polar surface area (TPSA) is 41.9 Å². The molecule has 0 saturated carbocycles. The summed E-state index contributed by atoms with van der Waals surface area (Å²) in [5.74, 6) is 1.17. The molecule has 0 aliphatic carbocycles. The lowest BCUT2D eigenvalue weighted by Gasteiger charge is -2.19. The molecular formula is C24H20N2O2. The number of aliphatic imine (C=N–C) groups is 1. The van der Waals surface area contributed by atoms with Crippen LogP contribution in [-0.4, -0.2) is 18.9 Å². The predicted molar refractivity (Wildman–Crippen MR) is 113 cm³/mol. The fraction of sp³-hybridized carbons (Fsp3) is 0.0833. The van der Waals surface area contributed by atoms with Gasteiger partial charge in [0.1, 0.15) is 17.3 Å². The lowest BCUT2D eigenvalue weighted by molar-refractivity contribution is -0.113. The van der Waals surface area contributed by atoms with E-state index < -0.39 is 0 Å². The average molecular weight is 368 g/mol. The monoisotopic (exact) mass is 368 g/mol. The van der Waals surface area contributed by atoms with E-state index in [-0.39, 0.29) is 5.91 Å². The van der Waals surface area contributed by atoms with Crippen LogP contribution in [0.3, 0.4) is 0 Å². The molecular weight excluding hydrogens is 348 g/mol. The maximum absolute atomic E-state index is 13.3. The highest BCUT2D eigenvalue weighted by atomic mass is 16.5. The molecule has 0 spiro atoms. The van der Waals surface area contributed by atoms with Crippen molar-refractivity contribution in [2.45, 2.75) is 6.92 Å². The van der Waals surface area contributed by atoms with Crippen LogP contribution < -0.4 is 9.64 Å². The average Bonchev–Trinajstić information content (AvgIpc) is 3.05. The molecule has 1 heterocycles. The van der Waals surface area contributed by atoms with Crippen LogP contribution in [0.5, 0.6) is 5.75 Å². The van der Waals surface area contributed by atoms with Gasteiger partial charge in [0.25, 0.3) is 5.91 Å². The summed E-state index contributed by atoms with van der Waals surface area (Å²) in [5, 5.41) is 0. The Balaban J connectivity index is 1.85. The molecule has 28 heavy (non-hydrogen) atoms. The molecule has 4 heteroatoms. The molecule has 4 rings (SSSR count). The lowest BCUT2D eigenvalue weighted by atomic mass is 10.1. The number of ether oxygens (including phenoxy) is 1. The zero-order valence-corrected chi connectivity index (χ0v) is 15.8. The number of para-hydroxylation sites is 1. The SMILES string of the molecule is COc1ccccc1/C=C1/N=C(c2ccccc2)N(c2cccc(C)c2)C1=O. The van der Waals surface area contributed by atoms with Gasteiger partial charge in [-0.3, -0.25) is 9.69 Å². The third-order valence-electron chi connectivity index (χ3n) is 4.58. The first kappa shape index (κ1) is 17.7.